The first kappa shape index (κ1) is 16.1. The van der Waals surface area contributed by atoms with E-state index in [9.17, 15) is 0 Å². The monoisotopic (exact) mass is 224 g/mol. The van der Waals surface area contributed by atoms with E-state index in [1.165, 1.54) is 25.7 Å². The minimum Gasteiger partial charge on any atom is -0.0669 e. The van der Waals surface area contributed by atoms with Crippen molar-refractivity contribution in [3.63, 3.8) is 0 Å². The molecule has 0 aliphatic carbocycles. The Morgan fingerprint density at radius 1 is 0.812 bits per heavy atom. The van der Waals surface area contributed by atoms with Crippen LogP contribution in [0.15, 0.2) is 0 Å². The highest BCUT2D eigenvalue weighted by Crippen LogP contribution is 2.37. The lowest BCUT2D eigenvalue weighted by atomic mass is 9.64. The van der Waals surface area contributed by atoms with Crippen LogP contribution < -0.4 is 0 Å². The predicted octanol–water partition coefficient (Wildman–Crippen LogP) is 4.55. The van der Waals surface area contributed by atoms with Crippen molar-refractivity contribution in [3.8, 4) is 0 Å². The lowest BCUT2D eigenvalue weighted by Crippen LogP contribution is -2.23. The fourth-order valence-electron chi connectivity index (χ4n) is 2.99. The third-order valence-corrected chi connectivity index (χ3v) is 4.02. The molecule has 0 aromatic carbocycles. The normalized spacial score (nSPS) is 17.8. The van der Waals surface area contributed by atoms with Crippen LogP contribution in [0.25, 0.3) is 0 Å². The van der Waals surface area contributed by atoms with Crippen LogP contribution in [-0.4, -0.2) is 7.85 Å². The molecule has 0 saturated carbocycles. The van der Waals surface area contributed by atoms with E-state index < -0.39 is 0 Å². The molecule has 1 heteroatoms. The maximum atomic E-state index is 2.45. The van der Waals surface area contributed by atoms with Gasteiger partial charge in [-0.05, 0) is 36.5 Å². The van der Waals surface area contributed by atoms with Gasteiger partial charge in [-0.25, -0.2) is 0 Å². The maximum Gasteiger partial charge on any atom is 0.105 e. The topological polar surface area (TPSA) is 0 Å². The van der Waals surface area contributed by atoms with Gasteiger partial charge in [-0.3, -0.25) is 0 Å². The zero-order chi connectivity index (χ0) is 12.7. The molecule has 96 valence electrons. The molecule has 0 aromatic rings. The van der Waals surface area contributed by atoms with Gasteiger partial charge in [0.25, 0.3) is 0 Å². The number of hydrogen-bond acceptors (Lipinski definition) is 0. The van der Waals surface area contributed by atoms with Crippen molar-refractivity contribution in [2.45, 2.75) is 73.0 Å². The summed E-state index contributed by atoms with van der Waals surface area (Å²) >= 11 is 0. The van der Waals surface area contributed by atoms with Gasteiger partial charge in [-0.15, -0.1) is 0 Å². The highest BCUT2D eigenvalue weighted by Gasteiger charge is 2.25. The predicted molar refractivity (Wildman–Crippen MR) is 78.8 cm³/mol. The van der Waals surface area contributed by atoms with Gasteiger partial charge in [-0.2, -0.15) is 0 Å². The van der Waals surface area contributed by atoms with Crippen molar-refractivity contribution in [2.75, 3.05) is 0 Å². The highest BCUT2D eigenvalue weighted by molar-refractivity contribution is 6.11. The van der Waals surface area contributed by atoms with Crippen LogP contribution in [-0.2, 0) is 0 Å². The average molecular weight is 224 g/mol. The summed E-state index contributed by atoms with van der Waals surface area (Å²) in [7, 11) is 2.45. The van der Waals surface area contributed by atoms with Gasteiger partial charge in [0.2, 0.25) is 0 Å². The van der Waals surface area contributed by atoms with Crippen molar-refractivity contribution in [3.05, 3.63) is 0 Å². The van der Waals surface area contributed by atoms with Crippen LogP contribution in [0.3, 0.4) is 0 Å². The summed E-state index contributed by atoms with van der Waals surface area (Å²) in [5, 5.41) is 0. The smallest absolute Gasteiger partial charge is 0.0669 e. The van der Waals surface area contributed by atoms with Crippen LogP contribution >= 0.6 is 0 Å². The first-order chi connectivity index (χ1) is 7.42. The maximum absolute atomic E-state index is 2.45. The Hall–Kier alpha value is 0.0649. The molecule has 0 bridgehead atoms. The molecule has 3 atom stereocenters. The summed E-state index contributed by atoms with van der Waals surface area (Å²) in [6.45, 7) is 14.2. The average Bonchev–Trinajstić information content (AvgIpc) is 2.21. The van der Waals surface area contributed by atoms with E-state index in [-0.39, 0.29) is 0 Å². The Labute approximate surface area is 105 Å². The Bertz CT molecular complexity index is 163. The fraction of sp³-hybridized carbons (Fsp3) is 1.00. The molecule has 0 fully saturated rings. The molecule has 0 radical (unpaired) electrons. The third-order valence-electron chi connectivity index (χ3n) is 4.02. The van der Waals surface area contributed by atoms with Crippen molar-refractivity contribution >= 4 is 7.85 Å². The zero-order valence-electron chi connectivity index (χ0n) is 12.7. The molecule has 0 aliphatic rings. The van der Waals surface area contributed by atoms with Crippen LogP contribution in [0, 0.1) is 23.7 Å². The summed E-state index contributed by atoms with van der Waals surface area (Å²) < 4.78 is 0. The van der Waals surface area contributed by atoms with Crippen LogP contribution in [0.1, 0.15) is 67.2 Å². The van der Waals surface area contributed by atoms with Gasteiger partial charge in [0.05, 0.1) is 0 Å². The van der Waals surface area contributed by atoms with E-state index in [1.54, 1.807) is 0 Å². The molecular weight excluding hydrogens is 191 g/mol. The van der Waals surface area contributed by atoms with E-state index in [2.05, 4.69) is 49.4 Å². The number of hydrogen-bond donors (Lipinski definition) is 0. The molecule has 0 heterocycles. The van der Waals surface area contributed by atoms with Gasteiger partial charge >= 0.3 is 0 Å². The van der Waals surface area contributed by atoms with Crippen molar-refractivity contribution in [1.29, 1.82) is 0 Å². The molecule has 0 saturated heterocycles. The van der Waals surface area contributed by atoms with Crippen molar-refractivity contribution in [2.24, 2.45) is 23.7 Å². The Balaban J connectivity index is 4.54. The van der Waals surface area contributed by atoms with E-state index in [0.717, 1.165) is 29.5 Å². The Kier molecular flexibility index (Phi) is 8.23. The van der Waals surface area contributed by atoms with Crippen LogP contribution in [0.4, 0.5) is 0 Å². The largest absolute Gasteiger partial charge is 0.105 e. The van der Waals surface area contributed by atoms with Gasteiger partial charge < -0.3 is 0 Å². The number of rotatable bonds is 8. The third kappa shape index (κ3) is 5.96. The SMILES string of the molecule is BC(CC)C(CC(C)C)C(CC)CC(C)C. The lowest BCUT2D eigenvalue weighted by molar-refractivity contribution is 0.223. The summed E-state index contributed by atoms with van der Waals surface area (Å²) in [6.07, 6.45) is 5.53. The molecule has 3 unspecified atom stereocenters. The second-order valence-electron chi connectivity index (χ2n) is 6.48. The molecular formula is C15H33B. The second-order valence-corrected chi connectivity index (χ2v) is 6.48. The summed E-state index contributed by atoms with van der Waals surface area (Å²) in [6, 6.07) is 0. The van der Waals surface area contributed by atoms with E-state index in [4.69, 9.17) is 0 Å². The van der Waals surface area contributed by atoms with E-state index in [1.807, 2.05) is 0 Å². The molecule has 0 rings (SSSR count). The molecule has 0 aliphatic heterocycles. The summed E-state index contributed by atoms with van der Waals surface area (Å²) in [4.78, 5) is 0. The Morgan fingerprint density at radius 3 is 1.62 bits per heavy atom. The molecule has 0 N–H and O–H groups in total. The molecule has 0 amide bonds. The molecule has 0 nitrogen and oxygen atoms in total. The Morgan fingerprint density at radius 2 is 1.31 bits per heavy atom. The van der Waals surface area contributed by atoms with Gasteiger partial charge in [0.1, 0.15) is 7.85 Å². The van der Waals surface area contributed by atoms with Gasteiger partial charge in [0.15, 0.2) is 0 Å². The van der Waals surface area contributed by atoms with Crippen LogP contribution in [0.2, 0.25) is 5.82 Å². The highest BCUT2D eigenvalue weighted by atomic mass is 14.3. The summed E-state index contributed by atoms with van der Waals surface area (Å²) in [5.74, 6) is 4.48. The van der Waals surface area contributed by atoms with Crippen molar-refractivity contribution in [1.82, 2.24) is 0 Å². The van der Waals surface area contributed by atoms with Crippen molar-refractivity contribution < 1.29 is 0 Å². The van der Waals surface area contributed by atoms with E-state index >= 15 is 0 Å². The van der Waals surface area contributed by atoms with Gasteiger partial charge in [0, 0.05) is 0 Å². The zero-order valence-corrected chi connectivity index (χ0v) is 12.7. The summed E-state index contributed by atoms with van der Waals surface area (Å²) in [5.41, 5.74) is 0. The van der Waals surface area contributed by atoms with Gasteiger partial charge in [-0.1, -0.05) is 60.2 Å². The molecule has 0 spiro atoms. The van der Waals surface area contributed by atoms with Crippen LogP contribution in [0.5, 0.6) is 0 Å². The molecule has 16 heavy (non-hydrogen) atoms. The molecule has 0 aromatic heterocycles. The first-order valence-corrected chi connectivity index (χ1v) is 7.42. The standard InChI is InChI=1S/C15H33B/c1-7-13(9-11(3)4)14(10-12(5)6)15(16)8-2/h11-15H,7-10,16H2,1-6H3. The van der Waals surface area contributed by atoms with E-state index in [0.29, 0.717) is 0 Å². The minimum atomic E-state index is 0.847. The quantitative estimate of drug-likeness (QED) is 0.530. The fourth-order valence-corrected chi connectivity index (χ4v) is 2.99. The lowest BCUT2D eigenvalue weighted by Gasteiger charge is -2.33. The first-order valence-electron chi connectivity index (χ1n) is 7.42. The minimum absolute atomic E-state index is 0.847. The second kappa shape index (κ2) is 8.20.